The van der Waals surface area contributed by atoms with Crippen LogP contribution in [0.2, 0.25) is 0 Å². The fourth-order valence-electron chi connectivity index (χ4n) is 3.88. The lowest BCUT2D eigenvalue weighted by Crippen LogP contribution is -2.44. The van der Waals surface area contributed by atoms with Crippen molar-refractivity contribution in [3.05, 3.63) is 29.8 Å². The molecule has 1 saturated carbocycles. The SMILES string of the molecule is CN=C(NCC(C)c1ccccc1OC)NCC1(CCOC)CCCC1. The number of aliphatic imine (C=N–C) groups is 1. The third kappa shape index (κ3) is 5.63. The van der Waals surface area contributed by atoms with Crippen LogP contribution >= 0.6 is 0 Å². The molecule has 0 saturated heterocycles. The van der Waals surface area contributed by atoms with Crippen molar-refractivity contribution in [2.24, 2.45) is 10.4 Å². The van der Waals surface area contributed by atoms with Crippen LogP contribution in [0, 0.1) is 5.41 Å². The number of benzene rings is 1. The zero-order valence-corrected chi connectivity index (χ0v) is 16.8. The van der Waals surface area contributed by atoms with Crippen molar-refractivity contribution >= 4 is 5.96 Å². The molecule has 2 rings (SSSR count). The van der Waals surface area contributed by atoms with Gasteiger partial charge >= 0.3 is 0 Å². The highest BCUT2D eigenvalue weighted by molar-refractivity contribution is 5.79. The number of guanidine groups is 1. The van der Waals surface area contributed by atoms with E-state index in [1.807, 2.05) is 19.2 Å². The molecular formula is C21H35N3O2. The lowest BCUT2D eigenvalue weighted by Gasteiger charge is -2.30. The third-order valence-corrected chi connectivity index (χ3v) is 5.60. The minimum atomic E-state index is 0.332. The Kier molecular flexibility index (Phi) is 8.23. The maximum Gasteiger partial charge on any atom is 0.191 e. The van der Waals surface area contributed by atoms with E-state index in [2.05, 4.69) is 34.7 Å². The summed E-state index contributed by atoms with van der Waals surface area (Å²) in [5, 5.41) is 7.02. The molecular weight excluding hydrogens is 326 g/mol. The summed E-state index contributed by atoms with van der Waals surface area (Å²) in [5.74, 6) is 2.14. The summed E-state index contributed by atoms with van der Waals surface area (Å²) in [5.41, 5.74) is 1.56. The van der Waals surface area contributed by atoms with Gasteiger partial charge in [0.2, 0.25) is 0 Å². The number of ether oxygens (including phenoxy) is 2. The van der Waals surface area contributed by atoms with Crippen LogP contribution in [0.1, 0.15) is 50.5 Å². The molecule has 1 unspecified atom stereocenters. The molecule has 1 fully saturated rings. The highest BCUT2D eigenvalue weighted by atomic mass is 16.5. The summed E-state index contributed by atoms with van der Waals surface area (Å²) >= 11 is 0. The van der Waals surface area contributed by atoms with Gasteiger partial charge in [0.05, 0.1) is 7.11 Å². The molecule has 0 heterocycles. The van der Waals surface area contributed by atoms with E-state index in [0.29, 0.717) is 11.3 Å². The summed E-state index contributed by atoms with van der Waals surface area (Å²) in [6.45, 7) is 4.80. The first-order chi connectivity index (χ1) is 12.6. The van der Waals surface area contributed by atoms with Gasteiger partial charge in [0, 0.05) is 39.8 Å². The van der Waals surface area contributed by atoms with E-state index in [-0.39, 0.29) is 0 Å². The van der Waals surface area contributed by atoms with Gasteiger partial charge in [0.15, 0.2) is 5.96 Å². The molecule has 0 radical (unpaired) electrons. The van der Waals surface area contributed by atoms with Crippen LogP contribution in [0.4, 0.5) is 0 Å². The van der Waals surface area contributed by atoms with Crippen LogP contribution in [0.5, 0.6) is 5.75 Å². The molecule has 5 heteroatoms. The van der Waals surface area contributed by atoms with E-state index in [1.54, 1.807) is 14.2 Å². The second kappa shape index (κ2) is 10.4. The molecule has 5 nitrogen and oxygen atoms in total. The van der Waals surface area contributed by atoms with Gasteiger partial charge in [-0.3, -0.25) is 4.99 Å². The quantitative estimate of drug-likeness (QED) is 0.522. The first kappa shape index (κ1) is 20.6. The van der Waals surface area contributed by atoms with E-state index in [9.17, 15) is 0 Å². The highest BCUT2D eigenvalue weighted by Gasteiger charge is 2.33. The summed E-state index contributed by atoms with van der Waals surface area (Å²) in [6, 6.07) is 8.20. The van der Waals surface area contributed by atoms with Crippen LogP contribution in [0.3, 0.4) is 0 Å². The highest BCUT2D eigenvalue weighted by Crippen LogP contribution is 2.40. The molecule has 0 spiro atoms. The van der Waals surface area contributed by atoms with Gasteiger partial charge in [0.25, 0.3) is 0 Å². The Balaban J connectivity index is 1.87. The summed E-state index contributed by atoms with van der Waals surface area (Å²) in [4.78, 5) is 4.40. The predicted molar refractivity (Wildman–Crippen MR) is 108 cm³/mol. The minimum Gasteiger partial charge on any atom is -0.496 e. The average molecular weight is 362 g/mol. The molecule has 2 N–H and O–H groups in total. The normalized spacial score (nSPS) is 17.8. The van der Waals surface area contributed by atoms with Crippen molar-refractivity contribution in [2.45, 2.75) is 44.9 Å². The lowest BCUT2D eigenvalue weighted by atomic mass is 9.83. The Morgan fingerprint density at radius 1 is 1.19 bits per heavy atom. The average Bonchev–Trinajstić information content (AvgIpc) is 3.15. The Morgan fingerprint density at radius 2 is 1.92 bits per heavy atom. The van der Waals surface area contributed by atoms with E-state index in [0.717, 1.165) is 37.8 Å². The fraction of sp³-hybridized carbons (Fsp3) is 0.667. The topological polar surface area (TPSA) is 54.9 Å². The van der Waals surface area contributed by atoms with Gasteiger partial charge in [-0.25, -0.2) is 0 Å². The van der Waals surface area contributed by atoms with E-state index in [1.165, 1.54) is 31.2 Å². The molecule has 146 valence electrons. The third-order valence-electron chi connectivity index (χ3n) is 5.60. The molecule has 1 aliphatic rings. The Bertz CT molecular complexity index is 568. The fourth-order valence-corrected chi connectivity index (χ4v) is 3.88. The number of hydrogen-bond acceptors (Lipinski definition) is 3. The van der Waals surface area contributed by atoms with Crippen molar-refractivity contribution < 1.29 is 9.47 Å². The van der Waals surface area contributed by atoms with E-state index >= 15 is 0 Å². The summed E-state index contributed by atoms with van der Waals surface area (Å²) < 4.78 is 10.8. The second-order valence-electron chi connectivity index (χ2n) is 7.40. The van der Waals surface area contributed by atoms with Crippen LogP contribution in [-0.4, -0.2) is 46.9 Å². The molecule has 0 amide bonds. The number of rotatable bonds is 9. The number of hydrogen-bond donors (Lipinski definition) is 2. The number of nitrogens with one attached hydrogen (secondary N) is 2. The number of nitrogens with zero attached hydrogens (tertiary/aromatic N) is 1. The van der Waals surface area contributed by atoms with E-state index in [4.69, 9.17) is 9.47 Å². The second-order valence-corrected chi connectivity index (χ2v) is 7.40. The molecule has 1 aliphatic carbocycles. The van der Waals surface area contributed by atoms with Gasteiger partial charge < -0.3 is 20.1 Å². The molecule has 0 aliphatic heterocycles. The van der Waals surface area contributed by atoms with Crippen LogP contribution in [0.15, 0.2) is 29.3 Å². The van der Waals surface area contributed by atoms with Crippen molar-refractivity contribution in [2.75, 3.05) is 41.0 Å². The lowest BCUT2D eigenvalue weighted by molar-refractivity contribution is 0.138. The molecule has 26 heavy (non-hydrogen) atoms. The van der Waals surface area contributed by atoms with Crippen molar-refractivity contribution in [3.8, 4) is 5.75 Å². The van der Waals surface area contributed by atoms with Crippen molar-refractivity contribution in [1.29, 1.82) is 0 Å². The van der Waals surface area contributed by atoms with E-state index < -0.39 is 0 Å². The first-order valence-corrected chi connectivity index (χ1v) is 9.70. The summed E-state index contributed by atoms with van der Waals surface area (Å²) in [6.07, 6.45) is 6.31. The van der Waals surface area contributed by atoms with Gasteiger partial charge in [-0.15, -0.1) is 0 Å². The van der Waals surface area contributed by atoms with Crippen molar-refractivity contribution in [1.82, 2.24) is 10.6 Å². The molecule has 1 aromatic rings. The van der Waals surface area contributed by atoms with Gasteiger partial charge in [-0.2, -0.15) is 0 Å². The Hall–Kier alpha value is -1.75. The van der Waals surface area contributed by atoms with Crippen LogP contribution in [0.25, 0.3) is 0 Å². The smallest absolute Gasteiger partial charge is 0.191 e. The Labute approximate surface area is 158 Å². The van der Waals surface area contributed by atoms with Gasteiger partial charge in [-0.1, -0.05) is 38.0 Å². The molecule has 1 aromatic carbocycles. The Morgan fingerprint density at radius 3 is 2.58 bits per heavy atom. The standard InChI is InChI=1S/C21H35N3O2/c1-17(18-9-5-6-10-19(18)26-4)15-23-20(22-2)24-16-21(13-14-25-3)11-7-8-12-21/h5-6,9-10,17H,7-8,11-16H2,1-4H3,(H2,22,23,24). The zero-order chi connectivity index (χ0) is 18.8. The molecule has 0 bridgehead atoms. The minimum absolute atomic E-state index is 0.332. The van der Waals surface area contributed by atoms with Crippen LogP contribution < -0.4 is 15.4 Å². The monoisotopic (exact) mass is 361 g/mol. The maximum absolute atomic E-state index is 5.48. The number of para-hydroxylation sites is 1. The summed E-state index contributed by atoms with van der Waals surface area (Å²) in [7, 11) is 5.34. The van der Waals surface area contributed by atoms with Gasteiger partial charge in [0.1, 0.15) is 5.75 Å². The largest absolute Gasteiger partial charge is 0.496 e. The molecule has 0 aromatic heterocycles. The van der Waals surface area contributed by atoms with Gasteiger partial charge in [-0.05, 0) is 36.3 Å². The predicted octanol–water partition coefficient (Wildman–Crippen LogP) is 3.56. The van der Waals surface area contributed by atoms with Crippen LogP contribution in [-0.2, 0) is 4.74 Å². The number of methoxy groups -OCH3 is 2. The van der Waals surface area contributed by atoms with Crippen molar-refractivity contribution in [3.63, 3.8) is 0 Å². The molecule has 1 atom stereocenters. The zero-order valence-electron chi connectivity index (χ0n) is 16.8. The first-order valence-electron chi connectivity index (χ1n) is 9.70. The maximum atomic E-state index is 5.48.